The number of aliphatic imine (C=N–C) groups is 1. The quantitative estimate of drug-likeness (QED) is 0.319. The lowest BCUT2D eigenvalue weighted by Crippen LogP contribution is -2.45. The summed E-state index contributed by atoms with van der Waals surface area (Å²) in [6, 6.07) is 4.37. The third-order valence-electron chi connectivity index (χ3n) is 6.60. The van der Waals surface area contributed by atoms with E-state index >= 15 is 0 Å². The second-order valence-electron chi connectivity index (χ2n) is 9.00. The number of benzene rings is 1. The van der Waals surface area contributed by atoms with Crippen molar-refractivity contribution in [2.45, 2.75) is 71.1 Å². The molecule has 2 fully saturated rings. The first-order chi connectivity index (χ1) is 15.1. The zero-order valence-corrected chi connectivity index (χ0v) is 21.8. The number of ether oxygens (including phenoxy) is 2. The van der Waals surface area contributed by atoms with Gasteiger partial charge in [0.05, 0.1) is 13.7 Å². The molecule has 0 bridgehead atoms. The summed E-state index contributed by atoms with van der Waals surface area (Å²) in [5.74, 6) is 3.16. The lowest BCUT2D eigenvalue weighted by molar-refractivity contribution is -0.134. The largest absolute Gasteiger partial charge is 0.496 e. The Labute approximate surface area is 208 Å². The van der Waals surface area contributed by atoms with E-state index in [9.17, 15) is 4.79 Å². The highest BCUT2D eigenvalue weighted by Gasteiger charge is 2.32. The van der Waals surface area contributed by atoms with Crippen LogP contribution < -0.4 is 20.1 Å². The average molecular weight is 556 g/mol. The van der Waals surface area contributed by atoms with Gasteiger partial charge in [0, 0.05) is 49.1 Å². The van der Waals surface area contributed by atoms with Crippen LogP contribution in [0.3, 0.4) is 0 Å². The summed E-state index contributed by atoms with van der Waals surface area (Å²) < 4.78 is 11.5. The van der Waals surface area contributed by atoms with E-state index in [1.54, 1.807) is 7.11 Å². The molecule has 0 aromatic heterocycles. The number of nitrogens with zero attached hydrogens (tertiary/aromatic N) is 2. The smallest absolute Gasteiger partial charge is 0.225 e. The van der Waals surface area contributed by atoms with E-state index < -0.39 is 0 Å². The number of likely N-dealkylation sites (tertiary alicyclic amines) is 1. The molecular formula is C24H37IN4O3. The fraction of sp³-hybridized carbons (Fsp3) is 0.667. The fourth-order valence-corrected chi connectivity index (χ4v) is 4.98. The highest BCUT2D eigenvalue weighted by molar-refractivity contribution is 14.0. The second-order valence-corrected chi connectivity index (χ2v) is 9.00. The van der Waals surface area contributed by atoms with E-state index in [2.05, 4.69) is 36.6 Å². The van der Waals surface area contributed by atoms with Crippen LogP contribution in [-0.2, 0) is 17.8 Å². The van der Waals surface area contributed by atoms with Crippen molar-refractivity contribution < 1.29 is 14.3 Å². The molecule has 1 amide bonds. The Kier molecular flexibility index (Phi) is 8.90. The monoisotopic (exact) mass is 556 g/mol. The van der Waals surface area contributed by atoms with Gasteiger partial charge in [0.1, 0.15) is 17.6 Å². The third-order valence-corrected chi connectivity index (χ3v) is 6.60. The molecule has 178 valence electrons. The number of carbonyl (C=O) groups is 1. The van der Waals surface area contributed by atoms with Gasteiger partial charge in [0.15, 0.2) is 5.96 Å². The molecule has 1 aromatic rings. The Hall–Kier alpha value is -1.71. The minimum absolute atomic E-state index is 0. The van der Waals surface area contributed by atoms with Gasteiger partial charge < -0.3 is 25.0 Å². The molecule has 32 heavy (non-hydrogen) atoms. The van der Waals surface area contributed by atoms with Gasteiger partial charge in [-0.25, -0.2) is 4.99 Å². The normalized spacial score (nSPS) is 22.8. The Morgan fingerprint density at radius 1 is 1.28 bits per heavy atom. The van der Waals surface area contributed by atoms with Gasteiger partial charge in [0.2, 0.25) is 5.91 Å². The summed E-state index contributed by atoms with van der Waals surface area (Å²) in [7, 11) is 1.70. The molecule has 1 saturated heterocycles. The highest BCUT2D eigenvalue weighted by Crippen LogP contribution is 2.35. The van der Waals surface area contributed by atoms with Crippen molar-refractivity contribution in [2.24, 2.45) is 10.9 Å². The van der Waals surface area contributed by atoms with Crippen molar-refractivity contribution in [3.63, 3.8) is 0 Å². The van der Waals surface area contributed by atoms with Crippen LogP contribution in [0, 0.1) is 5.92 Å². The minimum atomic E-state index is 0. The maximum atomic E-state index is 12.7. The number of rotatable bonds is 6. The van der Waals surface area contributed by atoms with Crippen molar-refractivity contribution >= 4 is 35.8 Å². The van der Waals surface area contributed by atoms with Crippen molar-refractivity contribution in [3.8, 4) is 11.5 Å². The van der Waals surface area contributed by atoms with Gasteiger partial charge in [-0.15, -0.1) is 24.0 Å². The van der Waals surface area contributed by atoms with Gasteiger partial charge in [-0.3, -0.25) is 4.79 Å². The molecule has 2 atom stereocenters. The van der Waals surface area contributed by atoms with E-state index in [-0.39, 0.29) is 42.0 Å². The van der Waals surface area contributed by atoms with Crippen molar-refractivity contribution in [2.75, 3.05) is 26.7 Å². The first-order valence-corrected chi connectivity index (χ1v) is 11.8. The lowest BCUT2D eigenvalue weighted by atomic mass is 10.1. The van der Waals surface area contributed by atoms with E-state index in [0.717, 1.165) is 68.3 Å². The molecule has 2 heterocycles. The van der Waals surface area contributed by atoms with Crippen LogP contribution in [0.2, 0.25) is 0 Å². The molecule has 2 unspecified atom stereocenters. The average Bonchev–Trinajstić information content (AvgIpc) is 3.51. The second kappa shape index (κ2) is 11.4. The Balaban J connectivity index is 0.00000289. The van der Waals surface area contributed by atoms with Crippen molar-refractivity contribution in [1.82, 2.24) is 15.5 Å². The fourth-order valence-electron chi connectivity index (χ4n) is 4.98. The number of amides is 1. The summed E-state index contributed by atoms with van der Waals surface area (Å²) in [5.41, 5.74) is 2.21. The summed E-state index contributed by atoms with van der Waals surface area (Å²) in [4.78, 5) is 19.6. The predicted molar refractivity (Wildman–Crippen MR) is 137 cm³/mol. The predicted octanol–water partition coefficient (Wildman–Crippen LogP) is 3.48. The van der Waals surface area contributed by atoms with Crippen LogP contribution in [0.15, 0.2) is 17.1 Å². The third kappa shape index (κ3) is 5.80. The van der Waals surface area contributed by atoms with Crippen LogP contribution in [-0.4, -0.2) is 55.7 Å². The molecule has 1 saturated carbocycles. The number of methoxy groups -OCH3 is 1. The standard InChI is InChI=1S/C24H36N4O3.HI/c1-4-25-24(27-20-9-10-28(15-20)23(29)17-7-5-6-8-17)26-14-19-13-22-18(11-16(2)31-22)12-21(19)30-3;/h12-13,16-17,20H,4-11,14-15H2,1-3H3,(H2,25,26,27);1H. The number of fused-ring (bicyclic) bond motifs is 1. The van der Waals surface area contributed by atoms with E-state index in [0.29, 0.717) is 12.5 Å². The number of nitrogens with one attached hydrogen (secondary N) is 2. The summed E-state index contributed by atoms with van der Waals surface area (Å²) >= 11 is 0. The van der Waals surface area contributed by atoms with Crippen LogP contribution in [0.5, 0.6) is 11.5 Å². The first-order valence-electron chi connectivity index (χ1n) is 11.8. The number of hydrogen-bond acceptors (Lipinski definition) is 4. The molecule has 0 spiro atoms. The van der Waals surface area contributed by atoms with Crippen molar-refractivity contribution in [3.05, 3.63) is 23.3 Å². The molecule has 1 aromatic carbocycles. The molecule has 0 radical (unpaired) electrons. The molecule has 7 nitrogen and oxygen atoms in total. The number of carbonyl (C=O) groups excluding carboxylic acids is 1. The van der Waals surface area contributed by atoms with Gasteiger partial charge in [-0.05, 0) is 45.2 Å². The molecule has 3 aliphatic rings. The van der Waals surface area contributed by atoms with E-state index in [1.165, 1.54) is 18.4 Å². The van der Waals surface area contributed by atoms with Gasteiger partial charge in [-0.1, -0.05) is 12.8 Å². The molecule has 2 N–H and O–H groups in total. The zero-order chi connectivity index (χ0) is 21.8. The maximum Gasteiger partial charge on any atom is 0.225 e. The Bertz CT molecular complexity index is 826. The van der Waals surface area contributed by atoms with Gasteiger partial charge >= 0.3 is 0 Å². The summed E-state index contributed by atoms with van der Waals surface area (Å²) in [6.07, 6.45) is 6.58. The van der Waals surface area contributed by atoms with E-state index in [1.807, 2.05) is 4.90 Å². The van der Waals surface area contributed by atoms with Crippen LogP contribution in [0.25, 0.3) is 0 Å². The molecular weight excluding hydrogens is 519 g/mol. The number of guanidine groups is 1. The minimum Gasteiger partial charge on any atom is -0.496 e. The van der Waals surface area contributed by atoms with E-state index in [4.69, 9.17) is 14.5 Å². The zero-order valence-electron chi connectivity index (χ0n) is 19.5. The topological polar surface area (TPSA) is 75.2 Å². The van der Waals surface area contributed by atoms with Gasteiger partial charge in [0.25, 0.3) is 0 Å². The van der Waals surface area contributed by atoms with Crippen LogP contribution in [0.1, 0.15) is 57.1 Å². The number of hydrogen-bond donors (Lipinski definition) is 2. The molecule has 4 rings (SSSR count). The molecule has 8 heteroatoms. The van der Waals surface area contributed by atoms with Crippen LogP contribution in [0.4, 0.5) is 0 Å². The number of halogens is 1. The SMILES string of the molecule is CCNC(=NCc1cc2c(cc1OC)CC(C)O2)NC1CCN(C(=O)C2CCCC2)C1.I. The lowest BCUT2D eigenvalue weighted by Gasteiger charge is -2.21. The van der Waals surface area contributed by atoms with Gasteiger partial charge in [-0.2, -0.15) is 0 Å². The summed E-state index contributed by atoms with van der Waals surface area (Å²) in [6.45, 7) is 7.02. The Morgan fingerprint density at radius 2 is 2.06 bits per heavy atom. The Morgan fingerprint density at radius 3 is 2.78 bits per heavy atom. The van der Waals surface area contributed by atoms with Crippen LogP contribution >= 0.6 is 24.0 Å². The highest BCUT2D eigenvalue weighted by atomic mass is 127. The molecule has 1 aliphatic carbocycles. The molecule has 2 aliphatic heterocycles. The van der Waals surface area contributed by atoms with Crippen molar-refractivity contribution in [1.29, 1.82) is 0 Å². The first kappa shape index (κ1) is 24.9. The summed E-state index contributed by atoms with van der Waals surface area (Å²) in [5, 5.41) is 6.87. The maximum absolute atomic E-state index is 12.7.